The maximum absolute atomic E-state index is 12.2. The largest absolute Gasteiger partial charge is 0.339 e. The standard InChI is InChI=1S/C17H11Cl3N4O/c18-10-1-4-12(5-2-10)23-16-9-21-15(8-22-16)17(25)24-14-7-11(19)3-6-13(14)20/h1-9H,(H,22,23)(H,24,25). The molecule has 0 bridgehead atoms. The topological polar surface area (TPSA) is 66.9 Å². The molecule has 0 fully saturated rings. The maximum atomic E-state index is 12.2. The number of benzene rings is 2. The highest BCUT2D eigenvalue weighted by atomic mass is 35.5. The van der Waals surface area contributed by atoms with E-state index in [1.165, 1.54) is 12.4 Å². The van der Waals surface area contributed by atoms with Gasteiger partial charge in [-0.3, -0.25) is 4.79 Å². The fourth-order valence-electron chi connectivity index (χ4n) is 1.97. The quantitative estimate of drug-likeness (QED) is 0.620. The van der Waals surface area contributed by atoms with Crippen LogP contribution in [-0.4, -0.2) is 15.9 Å². The first-order valence-corrected chi connectivity index (χ1v) is 8.26. The molecule has 1 amide bonds. The molecule has 0 radical (unpaired) electrons. The van der Waals surface area contributed by atoms with Gasteiger partial charge in [-0.25, -0.2) is 9.97 Å². The number of halogens is 3. The van der Waals surface area contributed by atoms with Gasteiger partial charge in [0.25, 0.3) is 5.91 Å². The van der Waals surface area contributed by atoms with Crippen molar-refractivity contribution in [2.45, 2.75) is 0 Å². The number of hydrogen-bond donors (Lipinski definition) is 2. The molecular weight excluding hydrogens is 383 g/mol. The minimum Gasteiger partial charge on any atom is -0.339 e. The van der Waals surface area contributed by atoms with E-state index in [1.807, 2.05) is 12.1 Å². The lowest BCUT2D eigenvalue weighted by atomic mass is 10.3. The molecule has 0 spiro atoms. The molecule has 8 heteroatoms. The molecule has 25 heavy (non-hydrogen) atoms. The summed E-state index contributed by atoms with van der Waals surface area (Å²) in [7, 11) is 0. The van der Waals surface area contributed by atoms with Gasteiger partial charge in [0.1, 0.15) is 11.5 Å². The van der Waals surface area contributed by atoms with E-state index in [-0.39, 0.29) is 5.69 Å². The van der Waals surface area contributed by atoms with Crippen molar-refractivity contribution in [1.82, 2.24) is 9.97 Å². The van der Waals surface area contributed by atoms with Gasteiger partial charge in [0, 0.05) is 15.7 Å². The summed E-state index contributed by atoms with van der Waals surface area (Å²) < 4.78 is 0. The number of nitrogens with one attached hydrogen (secondary N) is 2. The number of aromatic nitrogens is 2. The van der Waals surface area contributed by atoms with E-state index in [1.54, 1.807) is 30.3 Å². The zero-order valence-electron chi connectivity index (χ0n) is 12.6. The molecule has 1 heterocycles. The Morgan fingerprint density at radius 2 is 1.60 bits per heavy atom. The number of nitrogens with zero attached hydrogens (tertiary/aromatic N) is 2. The van der Waals surface area contributed by atoms with E-state index in [9.17, 15) is 4.79 Å². The first kappa shape index (κ1) is 17.5. The van der Waals surface area contributed by atoms with Crippen molar-refractivity contribution in [3.05, 3.63) is 75.6 Å². The van der Waals surface area contributed by atoms with Gasteiger partial charge in [0.15, 0.2) is 0 Å². The van der Waals surface area contributed by atoms with Crippen molar-refractivity contribution >= 4 is 57.9 Å². The van der Waals surface area contributed by atoms with Gasteiger partial charge >= 0.3 is 0 Å². The first-order chi connectivity index (χ1) is 12.0. The summed E-state index contributed by atoms with van der Waals surface area (Å²) in [6.07, 6.45) is 2.83. The number of amides is 1. The molecule has 2 N–H and O–H groups in total. The van der Waals surface area contributed by atoms with E-state index in [0.29, 0.717) is 26.6 Å². The molecule has 0 saturated heterocycles. The fourth-order valence-corrected chi connectivity index (χ4v) is 2.43. The Balaban J connectivity index is 1.70. The van der Waals surface area contributed by atoms with Crippen molar-refractivity contribution in [3.63, 3.8) is 0 Å². The lowest BCUT2D eigenvalue weighted by Gasteiger charge is -2.08. The monoisotopic (exact) mass is 392 g/mol. The van der Waals surface area contributed by atoms with Crippen LogP contribution < -0.4 is 10.6 Å². The average molecular weight is 394 g/mol. The molecule has 3 rings (SSSR count). The molecule has 0 saturated carbocycles. The third kappa shape index (κ3) is 4.60. The minimum atomic E-state index is -0.435. The molecule has 0 aliphatic rings. The fraction of sp³-hybridized carbons (Fsp3) is 0. The summed E-state index contributed by atoms with van der Waals surface area (Å²) in [6.45, 7) is 0. The molecular formula is C17H11Cl3N4O. The SMILES string of the molecule is O=C(Nc1cc(Cl)ccc1Cl)c1cnc(Nc2ccc(Cl)cc2)cn1. The van der Waals surface area contributed by atoms with Crippen LogP contribution in [0.2, 0.25) is 15.1 Å². The van der Waals surface area contributed by atoms with Gasteiger partial charge in [-0.05, 0) is 42.5 Å². The van der Waals surface area contributed by atoms with Crippen molar-refractivity contribution in [2.24, 2.45) is 0 Å². The molecule has 2 aromatic carbocycles. The van der Waals surface area contributed by atoms with E-state index < -0.39 is 5.91 Å². The van der Waals surface area contributed by atoms with Gasteiger partial charge in [-0.1, -0.05) is 34.8 Å². The molecule has 0 aliphatic heterocycles. The predicted octanol–water partition coefficient (Wildman–Crippen LogP) is 5.43. The Kier molecular flexibility index (Phi) is 5.38. The number of carbonyl (C=O) groups excluding carboxylic acids is 1. The van der Waals surface area contributed by atoms with Crippen LogP contribution in [0.5, 0.6) is 0 Å². The number of rotatable bonds is 4. The van der Waals surface area contributed by atoms with Crippen LogP contribution in [-0.2, 0) is 0 Å². The third-order valence-corrected chi connectivity index (χ3v) is 3.99. The van der Waals surface area contributed by atoms with Gasteiger partial charge in [0.05, 0.1) is 23.1 Å². The van der Waals surface area contributed by atoms with Crippen molar-refractivity contribution in [1.29, 1.82) is 0 Å². The second-order valence-electron chi connectivity index (χ2n) is 5.00. The Hall–Kier alpha value is -2.34. The minimum absolute atomic E-state index is 0.151. The molecule has 0 unspecified atom stereocenters. The maximum Gasteiger partial charge on any atom is 0.275 e. The predicted molar refractivity (Wildman–Crippen MR) is 101 cm³/mol. The summed E-state index contributed by atoms with van der Waals surface area (Å²) in [4.78, 5) is 20.5. The van der Waals surface area contributed by atoms with Crippen LogP contribution in [0.15, 0.2) is 54.9 Å². The van der Waals surface area contributed by atoms with E-state index >= 15 is 0 Å². The summed E-state index contributed by atoms with van der Waals surface area (Å²) >= 11 is 17.8. The van der Waals surface area contributed by atoms with Crippen LogP contribution in [0.25, 0.3) is 0 Å². The molecule has 1 aromatic heterocycles. The highest BCUT2D eigenvalue weighted by molar-refractivity contribution is 6.35. The van der Waals surface area contributed by atoms with Crippen LogP contribution in [0.1, 0.15) is 10.5 Å². The van der Waals surface area contributed by atoms with E-state index in [0.717, 1.165) is 5.69 Å². The highest BCUT2D eigenvalue weighted by Crippen LogP contribution is 2.25. The van der Waals surface area contributed by atoms with Gasteiger partial charge < -0.3 is 10.6 Å². The molecule has 0 atom stereocenters. The second kappa shape index (κ2) is 7.70. The van der Waals surface area contributed by atoms with Crippen molar-refractivity contribution in [2.75, 3.05) is 10.6 Å². The Morgan fingerprint density at radius 1 is 0.880 bits per heavy atom. The highest BCUT2D eigenvalue weighted by Gasteiger charge is 2.11. The van der Waals surface area contributed by atoms with Gasteiger partial charge in [-0.2, -0.15) is 0 Å². The third-order valence-electron chi connectivity index (χ3n) is 3.18. The number of hydrogen-bond acceptors (Lipinski definition) is 4. The van der Waals surface area contributed by atoms with E-state index in [2.05, 4.69) is 20.6 Å². The zero-order valence-corrected chi connectivity index (χ0v) is 14.9. The smallest absolute Gasteiger partial charge is 0.275 e. The van der Waals surface area contributed by atoms with Crippen LogP contribution in [0.4, 0.5) is 17.2 Å². The second-order valence-corrected chi connectivity index (χ2v) is 6.28. The first-order valence-electron chi connectivity index (χ1n) is 7.12. The van der Waals surface area contributed by atoms with Crippen LogP contribution in [0.3, 0.4) is 0 Å². The van der Waals surface area contributed by atoms with Crippen molar-refractivity contribution < 1.29 is 4.79 Å². The lowest BCUT2D eigenvalue weighted by molar-refractivity contribution is 0.102. The average Bonchev–Trinajstić information content (AvgIpc) is 2.61. The molecule has 126 valence electrons. The zero-order chi connectivity index (χ0) is 17.8. The summed E-state index contributed by atoms with van der Waals surface area (Å²) in [5.74, 6) is 0.0642. The normalized spacial score (nSPS) is 10.4. The lowest BCUT2D eigenvalue weighted by Crippen LogP contribution is -2.14. The number of anilines is 3. The van der Waals surface area contributed by atoms with Crippen LogP contribution >= 0.6 is 34.8 Å². The van der Waals surface area contributed by atoms with Crippen LogP contribution in [0, 0.1) is 0 Å². The summed E-state index contributed by atoms with van der Waals surface area (Å²) in [5, 5.41) is 7.20. The Labute approximate surface area is 159 Å². The van der Waals surface area contributed by atoms with E-state index in [4.69, 9.17) is 34.8 Å². The van der Waals surface area contributed by atoms with Gasteiger partial charge in [0.2, 0.25) is 0 Å². The molecule has 5 nitrogen and oxygen atoms in total. The summed E-state index contributed by atoms with van der Waals surface area (Å²) in [5.41, 5.74) is 1.36. The Morgan fingerprint density at radius 3 is 2.28 bits per heavy atom. The molecule has 0 aliphatic carbocycles. The Bertz CT molecular complexity index is 899. The summed E-state index contributed by atoms with van der Waals surface area (Å²) in [6, 6.07) is 11.9. The number of carbonyl (C=O) groups is 1. The van der Waals surface area contributed by atoms with Gasteiger partial charge in [-0.15, -0.1) is 0 Å². The van der Waals surface area contributed by atoms with Crippen molar-refractivity contribution in [3.8, 4) is 0 Å². The molecule has 3 aromatic rings.